The molecule has 152 valence electrons. The van der Waals surface area contributed by atoms with E-state index in [9.17, 15) is 18.0 Å². The molecule has 2 saturated heterocycles. The number of hydrogen-bond acceptors (Lipinski definition) is 6. The fraction of sp³-hybridized carbons (Fsp3) is 0.556. The Kier molecular flexibility index (Phi) is 4.92. The van der Waals surface area contributed by atoms with Gasteiger partial charge in [-0.1, -0.05) is 0 Å². The number of carbonyl (C=O) groups excluding carboxylic acids is 2. The molecule has 0 spiro atoms. The zero-order valence-electron chi connectivity index (χ0n) is 15.7. The molecule has 0 aromatic heterocycles. The molecule has 0 radical (unpaired) electrons. The number of fused-ring (bicyclic) bond motifs is 1. The van der Waals surface area contributed by atoms with Gasteiger partial charge < -0.3 is 19.3 Å². The molecule has 2 amide bonds. The lowest BCUT2D eigenvalue weighted by Crippen LogP contribution is -2.51. The van der Waals surface area contributed by atoms with E-state index in [1.165, 1.54) is 10.6 Å². The summed E-state index contributed by atoms with van der Waals surface area (Å²) in [6.45, 7) is 2.54. The molecule has 0 unspecified atom stereocenters. The van der Waals surface area contributed by atoms with Crippen LogP contribution in [0.15, 0.2) is 18.2 Å². The number of sulfonamides is 1. The Balaban J connectivity index is 1.41. The van der Waals surface area contributed by atoms with Gasteiger partial charge >= 0.3 is 0 Å². The highest BCUT2D eigenvalue weighted by atomic mass is 32.2. The second-order valence-corrected chi connectivity index (χ2v) is 9.20. The molecular formula is C18H23N3O6S. The highest BCUT2D eigenvalue weighted by Crippen LogP contribution is 2.36. The van der Waals surface area contributed by atoms with Gasteiger partial charge in [0.2, 0.25) is 21.8 Å². The molecule has 0 aliphatic carbocycles. The van der Waals surface area contributed by atoms with Crippen molar-refractivity contribution in [2.24, 2.45) is 5.92 Å². The van der Waals surface area contributed by atoms with E-state index < -0.39 is 15.9 Å². The summed E-state index contributed by atoms with van der Waals surface area (Å²) in [7, 11) is -3.24. The molecule has 0 bridgehead atoms. The fourth-order valence-electron chi connectivity index (χ4n) is 3.82. The zero-order chi connectivity index (χ0) is 19.9. The molecule has 3 aliphatic rings. The van der Waals surface area contributed by atoms with Crippen molar-refractivity contribution in [3.63, 3.8) is 0 Å². The van der Waals surface area contributed by atoms with Crippen LogP contribution < -0.4 is 14.4 Å². The van der Waals surface area contributed by atoms with E-state index in [0.717, 1.165) is 0 Å². The molecule has 4 rings (SSSR count). The molecular weight excluding hydrogens is 386 g/mol. The lowest BCUT2D eigenvalue weighted by molar-refractivity contribution is -0.136. The standard InChI is InChI=1S/C18H23N3O6S/c1-28(24,25)20-6-4-19(5-7-20)18(23)13-10-17(22)21(12-13)14-2-3-15-16(11-14)27-9-8-26-15/h2-3,11,13H,4-10,12H2,1H3/t13-/m1/s1. The van der Waals surface area contributed by atoms with E-state index >= 15 is 0 Å². The maximum absolute atomic E-state index is 12.8. The average molecular weight is 409 g/mol. The number of piperazine rings is 1. The Hall–Kier alpha value is -2.33. The maximum Gasteiger partial charge on any atom is 0.228 e. The first-order chi connectivity index (χ1) is 13.3. The van der Waals surface area contributed by atoms with Crippen LogP contribution in [0, 0.1) is 5.92 Å². The fourth-order valence-corrected chi connectivity index (χ4v) is 4.65. The van der Waals surface area contributed by atoms with E-state index in [0.29, 0.717) is 50.0 Å². The molecule has 0 saturated carbocycles. The molecule has 1 atom stereocenters. The van der Waals surface area contributed by atoms with Crippen LogP contribution in [0.3, 0.4) is 0 Å². The van der Waals surface area contributed by atoms with Crippen LogP contribution in [0.4, 0.5) is 5.69 Å². The number of carbonyl (C=O) groups is 2. The highest BCUT2D eigenvalue weighted by molar-refractivity contribution is 7.88. The summed E-state index contributed by atoms with van der Waals surface area (Å²) < 4.78 is 35.7. The molecule has 2 fully saturated rings. The summed E-state index contributed by atoms with van der Waals surface area (Å²) in [6.07, 6.45) is 1.32. The van der Waals surface area contributed by atoms with Crippen molar-refractivity contribution >= 4 is 27.5 Å². The minimum absolute atomic E-state index is 0.0958. The second kappa shape index (κ2) is 7.25. The highest BCUT2D eigenvalue weighted by Gasteiger charge is 2.38. The summed E-state index contributed by atoms with van der Waals surface area (Å²) in [5, 5.41) is 0. The average Bonchev–Trinajstić information content (AvgIpc) is 3.08. The normalized spacial score (nSPS) is 23.2. The van der Waals surface area contributed by atoms with Crippen molar-refractivity contribution in [3.05, 3.63) is 18.2 Å². The van der Waals surface area contributed by atoms with Crippen molar-refractivity contribution in [1.29, 1.82) is 0 Å². The minimum Gasteiger partial charge on any atom is -0.486 e. The van der Waals surface area contributed by atoms with Crippen LogP contribution in [0.25, 0.3) is 0 Å². The number of nitrogens with zero attached hydrogens (tertiary/aromatic N) is 3. The number of ether oxygens (including phenoxy) is 2. The number of anilines is 1. The summed E-state index contributed by atoms with van der Waals surface area (Å²) in [6, 6.07) is 5.34. The Morgan fingerprint density at radius 2 is 1.75 bits per heavy atom. The van der Waals surface area contributed by atoms with E-state index in [-0.39, 0.29) is 31.3 Å². The van der Waals surface area contributed by atoms with Crippen molar-refractivity contribution in [1.82, 2.24) is 9.21 Å². The molecule has 0 N–H and O–H groups in total. The third-order valence-electron chi connectivity index (χ3n) is 5.33. The first-order valence-electron chi connectivity index (χ1n) is 9.27. The number of hydrogen-bond donors (Lipinski definition) is 0. The van der Waals surface area contributed by atoms with E-state index in [1.54, 1.807) is 28.0 Å². The van der Waals surface area contributed by atoms with Gasteiger partial charge in [0.15, 0.2) is 11.5 Å². The number of amides is 2. The van der Waals surface area contributed by atoms with Crippen molar-refractivity contribution < 1.29 is 27.5 Å². The van der Waals surface area contributed by atoms with Gasteiger partial charge in [0, 0.05) is 50.9 Å². The Morgan fingerprint density at radius 1 is 1.07 bits per heavy atom. The summed E-state index contributed by atoms with van der Waals surface area (Å²) in [5.74, 6) is 0.623. The molecule has 10 heteroatoms. The first kappa shape index (κ1) is 19.0. The van der Waals surface area contributed by atoms with E-state index in [4.69, 9.17) is 9.47 Å². The zero-order valence-corrected chi connectivity index (χ0v) is 16.5. The van der Waals surface area contributed by atoms with Gasteiger partial charge in [0.25, 0.3) is 0 Å². The summed E-state index contributed by atoms with van der Waals surface area (Å²) in [5.41, 5.74) is 0.687. The van der Waals surface area contributed by atoms with Crippen molar-refractivity contribution in [2.45, 2.75) is 6.42 Å². The Morgan fingerprint density at radius 3 is 2.43 bits per heavy atom. The van der Waals surface area contributed by atoms with Crippen LogP contribution in [0.5, 0.6) is 11.5 Å². The smallest absolute Gasteiger partial charge is 0.228 e. The molecule has 1 aromatic rings. The van der Waals surface area contributed by atoms with Gasteiger partial charge in [0.1, 0.15) is 13.2 Å². The monoisotopic (exact) mass is 409 g/mol. The molecule has 3 heterocycles. The number of benzene rings is 1. The van der Waals surface area contributed by atoms with Crippen LogP contribution in [0.2, 0.25) is 0 Å². The Labute approximate surface area is 163 Å². The van der Waals surface area contributed by atoms with Crippen LogP contribution >= 0.6 is 0 Å². The third kappa shape index (κ3) is 3.66. The van der Waals surface area contributed by atoms with Gasteiger partial charge in [0.05, 0.1) is 12.2 Å². The first-order valence-corrected chi connectivity index (χ1v) is 11.1. The topological polar surface area (TPSA) is 96.5 Å². The van der Waals surface area contributed by atoms with Crippen LogP contribution in [0.1, 0.15) is 6.42 Å². The summed E-state index contributed by atoms with van der Waals surface area (Å²) >= 11 is 0. The van der Waals surface area contributed by atoms with Crippen molar-refractivity contribution in [2.75, 3.05) is 57.1 Å². The van der Waals surface area contributed by atoms with Crippen LogP contribution in [-0.2, 0) is 19.6 Å². The van der Waals surface area contributed by atoms with Gasteiger partial charge in [-0.15, -0.1) is 0 Å². The maximum atomic E-state index is 12.8. The molecule has 3 aliphatic heterocycles. The summed E-state index contributed by atoms with van der Waals surface area (Å²) in [4.78, 5) is 28.6. The SMILES string of the molecule is CS(=O)(=O)N1CCN(C(=O)[C@@H]2CC(=O)N(c3ccc4c(c3)OCCO4)C2)CC1. The quantitative estimate of drug-likeness (QED) is 0.693. The molecule has 9 nitrogen and oxygen atoms in total. The molecule has 28 heavy (non-hydrogen) atoms. The van der Waals surface area contributed by atoms with E-state index in [1.807, 2.05) is 0 Å². The largest absolute Gasteiger partial charge is 0.486 e. The van der Waals surface area contributed by atoms with Crippen LogP contribution in [-0.4, -0.2) is 81.6 Å². The van der Waals surface area contributed by atoms with Crippen molar-refractivity contribution in [3.8, 4) is 11.5 Å². The van der Waals surface area contributed by atoms with Gasteiger partial charge in [-0.2, -0.15) is 4.31 Å². The number of rotatable bonds is 3. The predicted molar refractivity (Wildman–Crippen MR) is 101 cm³/mol. The third-order valence-corrected chi connectivity index (χ3v) is 6.63. The van der Waals surface area contributed by atoms with E-state index in [2.05, 4.69) is 0 Å². The van der Waals surface area contributed by atoms with Gasteiger partial charge in [-0.05, 0) is 12.1 Å². The minimum atomic E-state index is -3.24. The lowest BCUT2D eigenvalue weighted by atomic mass is 10.1. The lowest BCUT2D eigenvalue weighted by Gasteiger charge is -2.34. The second-order valence-electron chi connectivity index (χ2n) is 7.22. The predicted octanol–water partition coefficient (Wildman–Crippen LogP) is -0.0855. The van der Waals surface area contributed by atoms with Gasteiger partial charge in [-0.3, -0.25) is 9.59 Å². The van der Waals surface area contributed by atoms with Gasteiger partial charge in [-0.25, -0.2) is 8.42 Å². The molecule has 1 aromatic carbocycles. The Bertz CT molecular complexity index is 895.